The van der Waals surface area contributed by atoms with E-state index in [1.54, 1.807) is 6.20 Å². The molecule has 0 radical (unpaired) electrons. The third-order valence-electron chi connectivity index (χ3n) is 2.73. The Balaban J connectivity index is 1.72. The summed E-state index contributed by atoms with van der Waals surface area (Å²) in [5.74, 6) is 2.29. The number of hydrogen-bond donors (Lipinski definition) is 1. The second-order valence-corrected chi connectivity index (χ2v) is 5.09. The Hall–Kier alpha value is -1.56. The van der Waals surface area contributed by atoms with Gasteiger partial charge >= 0.3 is 0 Å². The van der Waals surface area contributed by atoms with E-state index in [1.165, 1.54) is 12.8 Å². The van der Waals surface area contributed by atoms with E-state index in [-0.39, 0.29) is 0 Å². The van der Waals surface area contributed by atoms with E-state index in [2.05, 4.69) is 41.4 Å². The van der Waals surface area contributed by atoms with Gasteiger partial charge in [-0.15, -0.1) is 0 Å². The average molecular weight is 306 g/mol. The molecule has 0 spiro atoms. The van der Waals surface area contributed by atoms with Crippen LogP contribution in [0.2, 0.25) is 0 Å². The highest BCUT2D eigenvalue weighted by Crippen LogP contribution is 2.38. The molecule has 1 aliphatic rings. The van der Waals surface area contributed by atoms with Crippen LogP contribution in [0, 0.1) is 0 Å². The van der Waals surface area contributed by atoms with Gasteiger partial charge in [0.05, 0.1) is 12.2 Å². The molecule has 0 unspecified atom stereocenters. The molecule has 0 aromatic carbocycles. The maximum Gasteiger partial charge on any atom is 0.135 e. The summed E-state index contributed by atoms with van der Waals surface area (Å²) < 4.78 is 0.820. The zero-order valence-electron chi connectivity index (χ0n) is 9.67. The van der Waals surface area contributed by atoms with Gasteiger partial charge < -0.3 is 5.32 Å². The lowest BCUT2D eigenvalue weighted by Crippen LogP contribution is -2.06. The van der Waals surface area contributed by atoms with Crippen molar-refractivity contribution in [3.8, 4) is 0 Å². The highest BCUT2D eigenvalue weighted by atomic mass is 79.9. The zero-order valence-corrected chi connectivity index (χ0v) is 11.3. The van der Waals surface area contributed by atoms with Gasteiger partial charge in [0.1, 0.15) is 16.2 Å². The minimum Gasteiger partial charge on any atom is -0.364 e. The lowest BCUT2D eigenvalue weighted by Gasteiger charge is -2.06. The van der Waals surface area contributed by atoms with Gasteiger partial charge in [-0.25, -0.2) is 9.97 Å². The van der Waals surface area contributed by atoms with Crippen molar-refractivity contribution in [2.24, 2.45) is 0 Å². The summed E-state index contributed by atoms with van der Waals surface area (Å²) in [5.41, 5.74) is 0.889. The molecule has 2 heterocycles. The smallest absolute Gasteiger partial charge is 0.135 e. The van der Waals surface area contributed by atoms with Gasteiger partial charge in [-0.2, -0.15) is 10.2 Å². The maximum atomic E-state index is 4.51. The van der Waals surface area contributed by atoms with E-state index in [9.17, 15) is 0 Å². The first-order valence-corrected chi connectivity index (χ1v) is 6.65. The Morgan fingerprint density at radius 3 is 2.94 bits per heavy atom. The molecule has 0 bridgehead atoms. The highest BCUT2D eigenvalue weighted by molar-refractivity contribution is 9.10. The number of hydrogen-bond acceptors (Lipinski definition) is 5. The molecule has 1 N–H and O–H groups in total. The van der Waals surface area contributed by atoms with Crippen molar-refractivity contribution in [2.45, 2.75) is 25.3 Å². The van der Waals surface area contributed by atoms with Crippen molar-refractivity contribution in [3.63, 3.8) is 0 Å². The first-order chi connectivity index (χ1) is 8.81. The number of nitrogens with one attached hydrogen (secondary N) is 1. The molecule has 0 aliphatic heterocycles. The molecule has 2 aromatic heterocycles. The van der Waals surface area contributed by atoms with Crippen LogP contribution in [0.5, 0.6) is 0 Å². The fraction of sp³-hybridized carbons (Fsp3) is 0.333. The van der Waals surface area contributed by atoms with Crippen LogP contribution < -0.4 is 5.32 Å². The molecule has 3 rings (SSSR count). The second kappa shape index (κ2) is 4.97. The Kier molecular flexibility index (Phi) is 3.19. The maximum absolute atomic E-state index is 4.51. The quantitative estimate of drug-likeness (QED) is 0.879. The van der Waals surface area contributed by atoms with Gasteiger partial charge in [-0.1, -0.05) is 0 Å². The molecule has 5 nitrogen and oxygen atoms in total. The van der Waals surface area contributed by atoms with E-state index in [1.807, 2.05) is 18.2 Å². The topological polar surface area (TPSA) is 63.6 Å². The summed E-state index contributed by atoms with van der Waals surface area (Å²) >= 11 is 3.42. The normalized spacial score (nSPS) is 14.5. The monoisotopic (exact) mass is 305 g/mol. The fourth-order valence-corrected chi connectivity index (χ4v) is 2.06. The standard InChI is InChI=1S/C12H12BrN5/c13-10-6-11(17-12(16-10)8-3-4-8)14-7-9-2-1-5-15-18-9/h1-2,5-6,8H,3-4,7H2,(H,14,16,17). The molecule has 0 saturated heterocycles. The Morgan fingerprint density at radius 2 is 2.22 bits per heavy atom. The largest absolute Gasteiger partial charge is 0.364 e. The minimum absolute atomic E-state index is 0.541. The highest BCUT2D eigenvalue weighted by Gasteiger charge is 2.27. The molecule has 1 aliphatic carbocycles. The molecule has 92 valence electrons. The predicted octanol–water partition coefficient (Wildman–Crippen LogP) is 2.52. The Bertz CT molecular complexity index is 541. The van der Waals surface area contributed by atoms with Crippen LogP contribution in [0.4, 0.5) is 5.82 Å². The molecule has 2 aromatic rings. The number of nitrogens with zero attached hydrogens (tertiary/aromatic N) is 4. The van der Waals surface area contributed by atoms with Crippen LogP contribution in [-0.4, -0.2) is 20.2 Å². The number of rotatable bonds is 4. The van der Waals surface area contributed by atoms with E-state index in [0.717, 1.165) is 21.9 Å². The SMILES string of the molecule is Brc1cc(NCc2cccnn2)nc(C2CC2)n1. The molecule has 0 atom stereocenters. The first-order valence-electron chi connectivity index (χ1n) is 5.86. The number of halogens is 1. The summed E-state index contributed by atoms with van der Waals surface area (Å²) in [6, 6.07) is 5.68. The van der Waals surface area contributed by atoms with Crippen LogP contribution in [0.1, 0.15) is 30.3 Å². The van der Waals surface area contributed by atoms with Gasteiger partial charge in [0.25, 0.3) is 0 Å². The van der Waals surface area contributed by atoms with Gasteiger partial charge in [0.2, 0.25) is 0 Å². The molecule has 0 amide bonds. The number of aromatic nitrogens is 4. The number of anilines is 1. The van der Waals surface area contributed by atoms with Crippen LogP contribution >= 0.6 is 15.9 Å². The fourth-order valence-electron chi connectivity index (χ4n) is 1.66. The average Bonchev–Trinajstić information content (AvgIpc) is 3.21. The van der Waals surface area contributed by atoms with Crippen LogP contribution in [0.3, 0.4) is 0 Å². The molecule has 1 saturated carbocycles. The lowest BCUT2D eigenvalue weighted by molar-refractivity contribution is 0.891. The van der Waals surface area contributed by atoms with Crippen molar-refractivity contribution in [3.05, 3.63) is 40.5 Å². The van der Waals surface area contributed by atoms with Crippen molar-refractivity contribution in [1.82, 2.24) is 20.2 Å². The van der Waals surface area contributed by atoms with Gasteiger partial charge in [0, 0.05) is 18.2 Å². The second-order valence-electron chi connectivity index (χ2n) is 4.28. The van der Waals surface area contributed by atoms with Crippen molar-refractivity contribution >= 4 is 21.7 Å². The van der Waals surface area contributed by atoms with Crippen molar-refractivity contribution in [1.29, 1.82) is 0 Å². The zero-order chi connectivity index (χ0) is 12.4. The lowest BCUT2D eigenvalue weighted by atomic mass is 10.3. The van der Waals surface area contributed by atoms with Crippen molar-refractivity contribution < 1.29 is 0 Å². The molecular formula is C12H12BrN5. The summed E-state index contributed by atoms with van der Waals surface area (Å²) in [6.07, 6.45) is 4.05. The van der Waals surface area contributed by atoms with E-state index in [0.29, 0.717) is 12.5 Å². The van der Waals surface area contributed by atoms with Crippen LogP contribution in [0.15, 0.2) is 29.0 Å². The third-order valence-corrected chi connectivity index (χ3v) is 3.14. The molecular weight excluding hydrogens is 294 g/mol. The van der Waals surface area contributed by atoms with Gasteiger partial charge in [0.15, 0.2) is 0 Å². The van der Waals surface area contributed by atoms with E-state index < -0.39 is 0 Å². The van der Waals surface area contributed by atoms with Gasteiger partial charge in [-0.3, -0.25) is 0 Å². The molecule has 6 heteroatoms. The summed E-state index contributed by atoms with van der Waals surface area (Å²) in [4.78, 5) is 8.90. The van der Waals surface area contributed by atoms with E-state index in [4.69, 9.17) is 0 Å². The molecule has 1 fully saturated rings. The van der Waals surface area contributed by atoms with Crippen LogP contribution in [-0.2, 0) is 6.54 Å². The third kappa shape index (κ3) is 2.81. The van der Waals surface area contributed by atoms with E-state index >= 15 is 0 Å². The van der Waals surface area contributed by atoms with Crippen molar-refractivity contribution in [2.75, 3.05) is 5.32 Å². The predicted molar refractivity (Wildman–Crippen MR) is 71.1 cm³/mol. The summed E-state index contributed by atoms with van der Waals surface area (Å²) in [5, 5.41) is 11.1. The van der Waals surface area contributed by atoms with Crippen LogP contribution in [0.25, 0.3) is 0 Å². The Labute approximate surface area is 113 Å². The minimum atomic E-state index is 0.541. The van der Waals surface area contributed by atoms with Gasteiger partial charge in [-0.05, 0) is 40.9 Å². The molecule has 18 heavy (non-hydrogen) atoms. The summed E-state index contributed by atoms with van der Waals surface area (Å²) in [6.45, 7) is 0.612. The Morgan fingerprint density at radius 1 is 1.33 bits per heavy atom. The first kappa shape index (κ1) is 11.5. The summed E-state index contributed by atoms with van der Waals surface area (Å²) in [7, 11) is 0.